The molecule has 0 aliphatic heterocycles. The van der Waals surface area contributed by atoms with Crippen LogP contribution < -0.4 is 25.4 Å². The fraction of sp³-hybridized carbons (Fsp3) is 0.435. The van der Waals surface area contributed by atoms with E-state index in [0.717, 1.165) is 22.8 Å². The first-order valence-electron chi connectivity index (χ1n) is 10.6. The number of aromatic nitrogens is 1. The van der Waals surface area contributed by atoms with Crippen LogP contribution in [0.5, 0.6) is 11.5 Å². The van der Waals surface area contributed by atoms with Gasteiger partial charge in [0.25, 0.3) is 0 Å². The predicted molar refractivity (Wildman–Crippen MR) is 139 cm³/mol. The highest BCUT2D eigenvalue weighted by Crippen LogP contribution is 2.30. The number of ether oxygens (including phenoxy) is 2. The highest BCUT2D eigenvalue weighted by atomic mass is 127. The van der Waals surface area contributed by atoms with Crippen molar-refractivity contribution in [2.75, 3.05) is 32.1 Å². The highest BCUT2D eigenvalue weighted by Gasteiger charge is 2.13. The Balaban J connectivity index is 0.00000512. The van der Waals surface area contributed by atoms with E-state index in [0.29, 0.717) is 38.0 Å². The first kappa shape index (κ1) is 27.5. The van der Waals surface area contributed by atoms with E-state index in [1.165, 1.54) is 0 Å². The Morgan fingerprint density at radius 2 is 1.84 bits per heavy atom. The number of carbonyl (C=O) groups is 1. The Morgan fingerprint density at radius 1 is 1.12 bits per heavy atom. The third-order valence-electron chi connectivity index (χ3n) is 4.44. The number of pyridine rings is 1. The van der Waals surface area contributed by atoms with Crippen LogP contribution in [0.4, 0.5) is 5.82 Å². The predicted octanol–water partition coefficient (Wildman–Crippen LogP) is 4.06. The van der Waals surface area contributed by atoms with E-state index in [2.05, 4.69) is 25.9 Å². The summed E-state index contributed by atoms with van der Waals surface area (Å²) in [6.07, 6.45) is 0.294. The van der Waals surface area contributed by atoms with Crippen LogP contribution >= 0.6 is 24.0 Å². The van der Waals surface area contributed by atoms with Gasteiger partial charge in [-0.2, -0.15) is 0 Å². The van der Waals surface area contributed by atoms with Gasteiger partial charge in [-0.05, 0) is 57.5 Å². The van der Waals surface area contributed by atoms with Gasteiger partial charge in [0.1, 0.15) is 5.82 Å². The van der Waals surface area contributed by atoms with Crippen molar-refractivity contribution in [2.24, 2.45) is 4.99 Å². The lowest BCUT2D eigenvalue weighted by molar-refractivity contribution is -0.116. The summed E-state index contributed by atoms with van der Waals surface area (Å²) in [7, 11) is 1.70. The maximum atomic E-state index is 12.1. The molecule has 0 saturated heterocycles. The topological polar surface area (TPSA) is 96.9 Å². The number of aryl methyl sites for hydroxylation is 1. The SMILES string of the molecule is CCOc1ccc(C(C)NC(=NC)NCCC(=O)Nc2cccc(C)n2)cc1OCC.I. The number of benzene rings is 1. The summed E-state index contributed by atoms with van der Waals surface area (Å²) in [4.78, 5) is 20.7. The Morgan fingerprint density at radius 3 is 2.50 bits per heavy atom. The summed E-state index contributed by atoms with van der Waals surface area (Å²) in [6, 6.07) is 11.4. The molecule has 9 heteroatoms. The van der Waals surface area contributed by atoms with Crippen LogP contribution in [0, 0.1) is 6.92 Å². The highest BCUT2D eigenvalue weighted by molar-refractivity contribution is 14.0. The quantitative estimate of drug-likeness (QED) is 0.233. The van der Waals surface area contributed by atoms with E-state index in [9.17, 15) is 4.79 Å². The second-order valence-corrected chi connectivity index (χ2v) is 6.90. The maximum Gasteiger partial charge on any atom is 0.227 e. The van der Waals surface area contributed by atoms with Crippen molar-refractivity contribution in [3.8, 4) is 11.5 Å². The van der Waals surface area contributed by atoms with E-state index in [1.54, 1.807) is 13.1 Å². The minimum atomic E-state index is -0.109. The van der Waals surface area contributed by atoms with Gasteiger partial charge in [0.05, 0.1) is 19.3 Å². The van der Waals surface area contributed by atoms with Crippen molar-refractivity contribution in [3.63, 3.8) is 0 Å². The van der Waals surface area contributed by atoms with Gasteiger partial charge in [-0.1, -0.05) is 12.1 Å². The van der Waals surface area contributed by atoms with Gasteiger partial charge in [0.15, 0.2) is 17.5 Å². The fourth-order valence-electron chi connectivity index (χ4n) is 2.93. The van der Waals surface area contributed by atoms with Crippen molar-refractivity contribution >= 4 is 41.7 Å². The maximum absolute atomic E-state index is 12.1. The zero-order valence-corrected chi connectivity index (χ0v) is 21.7. The van der Waals surface area contributed by atoms with Crippen molar-refractivity contribution in [1.82, 2.24) is 15.6 Å². The van der Waals surface area contributed by atoms with Gasteiger partial charge in [0.2, 0.25) is 5.91 Å². The third-order valence-corrected chi connectivity index (χ3v) is 4.44. The van der Waals surface area contributed by atoms with Crippen LogP contribution in [0.1, 0.15) is 44.5 Å². The first-order valence-corrected chi connectivity index (χ1v) is 10.6. The minimum absolute atomic E-state index is 0. The van der Waals surface area contributed by atoms with Crippen LogP contribution in [-0.2, 0) is 4.79 Å². The van der Waals surface area contributed by atoms with Gasteiger partial charge in [-0.15, -0.1) is 24.0 Å². The zero-order chi connectivity index (χ0) is 22.6. The number of aliphatic imine (C=N–C) groups is 1. The standard InChI is InChI=1S/C23H33N5O3.HI/c1-6-30-19-12-11-18(15-20(19)31-7-2)17(4)27-23(24-5)25-14-13-22(29)28-21-10-8-9-16(3)26-21;/h8-12,15,17H,6-7,13-14H2,1-5H3,(H2,24,25,27)(H,26,28,29);1H. The smallest absolute Gasteiger partial charge is 0.227 e. The van der Waals surface area contributed by atoms with E-state index in [4.69, 9.17) is 9.47 Å². The Labute approximate surface area is 207 Å². The summed E-state index contributed by atoms with van der Waals surface area (Å²) >= 11 is 0. The number of rotatable bonds is 10. The lowest BCUT2D eigenvalue weighted by atomic mass is 10.1. The molecule has 2 rings (SSSR count). The number of nitrogens with zero attached hydrogens (tertiary/aromatic N) is 2. The summed E-state index contributed by atoms with van der Waals surface area (Å²) in [5, 5.41) is 9.30. The summed E-state index contributed by atoms with van der Waals surface area (Å²) in [6.45, 7) is 9.40. The Hall–Kier alpha value is -2.56. The van der Waals surface area contributed by atoms with Crippen LogP contribution in [0.3, 0.4) is 0 Å². The molecule has 0 bridgehead atoms. The van der Waals surface area contributed by atoms with Crippen molar-refractivity contribution in [2.45, 2.75) is 40.2 Å². The van der Waals surface area contributed by atoms with Crippen molar-refractivity contribution in [3.05, 3.63) is 47.7 Å². The molecule has 1 atom stereocenters. The molecular weight excluding hydrogens is 521 g/mol. The second kappa shape index (κ2) is 14.5. The van der Waals surface area contributed by atoms with E-state index in [1.807, 2.05) is 58.0 Å². The van der Waals surface area contributed by atoms with Gasteiger partial charge in [-0.3, -0.25) is 9.79 Å². The molecular formula is C23H34IN5O3. The van der Waals surface area contributed by atoms with Crippen LogP contribution in [0.15, 0.2) is 41.4 Å². The van der Waals surface area contributed by atoms with E-state index < -0.39 is 0 Å². The van der Waals surface area contributed by atoms with Crippen molar-refractivity contribution in [1.29, 1.82) is 0 Å². The van der Waals surface area contributed by atoms with Crippen LogP contribution in [0.25, 0.3) is 0 Å². The van der Waals surface area contributed by atoms with E-state index >= 15 is 0 Å². The molecule has 0 fully saturated rings. The molecule has 8 nitrogen and oxygen atoms in total. The monoisotopic (exact) mass is 555 g/mol. The average Bonchev–Trinajstić information content (AvgIpc) is 2.74. The number of amides is 1. The molecule has 0 radical (unpaired) electrons. The van der Waals surface area contributed by atoms with Gasteiger partial charge in [-0.25, -0.2) is 4.98 Å². The molecule has 1 heterocycles. The van der Waals surface area contributed by atoms with Crippen molar-refractivity contribution < 1.29 is 14.3 Å². The Bertz CT molecular complexity index is 892. The number of guanidine groups is 1. The fourth-order valence-corrected chi connectivity index (χ4v) is 2.93. The largest absolute Gasteiger partial charge is 0.490 e. The lowest BCUT2D eigenvalue weighted by Crippen LogP contribution is -2.39. The molecule has 0 spiro atoms. The number of hydrogen-bond donors (Lipinski definition) is 3. The summed E-state index contributed by atoms with van der Waals surface area (Å²) in [5.74, 6) is 2.52. The molecule has 176 valence electrons. The molecule has 0 saturated carbocycles. The number of carbonyl (C=O) groups excluding carboxylic acids is 1. The number of hydrogen-bond acceptors (Lipinski definition) is 5. The number of nitrogens with one attached hydrogen (secondary N) is 3. The van der Waals surface area contributed by atoms with E-state index in [-0.39, 0.29) is 35.9 Å². The normalized spacial score (nSPS) is 11.7. The molecule has 1 aromatic heterocycles. The van der Waals surface area contributed by atoms with Gasteiger partial charge < -0.3 is 25.4 Å². The molecule has 32 heavy (non-hydrogen) atoms. The Kier molecular flexibility index (Phi) is 12.4. The summed E-state index contributed by atoms with van der Waals surface area (Å²) < 4.78 is 11.3. The number of anilines is 1. The molecule has 3 N–H and O–H groups in total. The summed E-state index contributed by atoms with van der Waals surface area (Å²) in [5.41, 5.74) is 1.90. The molecule has 0 aliphatic carbocycles. The molecule has 0 aliphatic rings. The van der Waals surface area contributed by atoms with Gasteiger partial charge >= 0.3 is 0 Å². The van der Waals surface area contributed by atoms with Crippen LogP contribution in [0.2, 0.25) is 0 Å². The molecule has 1 amide bonds. The molecule has 1 aromatic carbocycles. The second-order valence-electron chi connectivity index (χ2n) is 6.90. The first-order chi connectivity index (χ1) is 15.0. The minimum Gasteiger partial charge on any atom is -0.490 e. The molecule has 2 aromatic rings. The zero-order valence-electron chi connectivity index (χ0n) is 19.4. The molecule has 1 unspecified atom stereocenters. The average molecular weight is 555 g/mol. The van der Waals surface area contributed by atoms with Gasteiger partial charge in [0, 0.05) is 25.7 Å². The van der Waals surface area contributed by atoms with Crippen LogP contribution in [-0.4, -0.2) is 43.7 Å². The third kappa shape index (κ3) is 8.89. The lowest BCUT2D eigenvalue weighted by Gasteiger charge is -2.20. The number of halogens is 1.